The van der Waals surface area contributed by atoms with Gasteiger partial charge in [-0.1, -0.05) is 34.8 Å². The molecule has 0 fully saturated rings. The Bertz CT molecular complexity index is 201. The van der Waals surface area contributed by atoms with Crippen LogP contribution in [0.5, 0.6) is 0 Å². The monoisotopic (exact) mass is 294 g/mol. The molecule has 0 unspecified atom stereocenters. The van der Waals surface area contributed by atoms with Gasteiger partial charge in [0.1, 0.15) is 0 Å². The zero-order valence-electron chi connectivity index (χ0n) is 5.82. The third kappa shape index (κ3) is 11400. The molecule has 11 heteroatoms. The maximum absolute atomic E-state index is 9.00. The van der Waals surface area contributed by atoms with E-state index in [1.807, 2.05) is 0 Å². The van der Waals surface area contributed by atoms with Gasteiger partial charge in [-0.3, -0.25) is 4.55 Å². The van der Waals surface area contributed by atoms with Gasteiger partial charge in [0.15, 0.2) is 4.30 Å². The van der Waals surface area contributed by atoms with Crippen molar-refractivity contribution in [1.29, 1.82) is 0 Å². The Morgan fingerprint density at radius 1 is 1.23 bits per heavy atom. The van der Waals surface area contributed by atoms with Crippen molar-refractivity contribution >= 4 is 60.8 Å². The zero-order chi connectivity index (χ0) is 11.7. The summed E-state index contributed by atoms with van der Waals surface area (Å²) in [5.41, 5.74) is 8.50. The lowest BCUT2D eigenvalue weighted by molar-refractivity contribution is 0.256. The molecule has 0 aliphatic carbocycles. The summed E-state index contributed by atoms with van der Waals surface area (Å²) in [5, 5.41) is 0. The summed E-state index contributed by atoms with van der Waals surface area (Å²) in [4.78, 5) is 9.00. The molecule has 0 saturated carbocycles. The van der Waals surface area contributed by atoms with Crippen molar-refractivity contribution in [2.45, 2.75) is 4.30 Å². The van der Waals surface area contributed by atoms with Crippen LogP contribution in [0.3, 0.4) is 0 Å². The van der Waals surface area contributed by atoms with Crippen LogP contribution in [-0.4, -0.2) is 23.3 Å². The number of hydrogen-bond donors (Lipinski definition) is 3. The Balaban J connectivity index is -0.000000117. The highest BCUT2D eigenvalue weighted by Gasteiger charge is 1.86. The fraction of sp³-hybridized carbons (Fsp3) is 0.500. The van der Waals surface area contributed by atoms with Crippen molar-refractivity contribution < 1.29 is 17.8 Å². The molecule has 0 bridgehead atoms. The summed E-state index contributed by atoms with van der Waals surface area (Å²) < 4.78 is 24.4. The SMILES string of the molecule is ClC(Cl)Cl.NC(N)=O.O=S(=O)(O)Cl. The van der Waals surface area contributed by atoms with Crippen molar-refractivity contribution in [3.05, 3.63) is 0 Å². The summed E-state index contributed by atoms with van der Waals surface area (Å²) in [6, 6.07) is -0.833. The van der Waals surface area contributed by atoms with E-state index in [0.29, 0.717) is 0 Å². The van der Waals surface area contributed by atoms with Crippen LogP contribution < -0.4 is 11.5 Å². The highest BCUT2D eigenvalue weighted by molar-refractivity contribution is 8.09. The Morgan fingerprint density at radius 2 is 1.23 bits per heavy atom. The number of hydrogen-bond acceptors (Lipinski definition) is 3. The molecule has 0 atom stereocenters. The second-order valence-electron chi connectivity index (χ2n) is 1.06. The Kier molecular flexibility index (Phi) is 15.2. The molecular weight excluding hydrogens is 290 g/mol. The van der Waals surface area contributed by atoms with Gasteiger partial charge in [-0.05, 0) is 0 Å². The number of carbonyl (C=O) groups excluding carboxylic acids is 1. The summed E-state index contributed by atoms with van der Waals surface area (Å²) in [6.45, 7) is 0. The average Bonchev–Trinajstić information content (AvgIpc) is 1.50. The lowest BCUT2D eigenvalue weighted by atomic mass is 11.2. The molecule has 0 aliphatic heterocycles. The normalized spacial score (nSPS) is 9.08. The molecule has 0 spiro atoms. The molecule has 6 nitrogen and oxygen atoms in total. The summed E-state index contributed by atoms with van der Waals surface area (Å²) in [6.07, 6.45) is 0. The number of alkyl halides is 3. The van der Waals surface area contributed by atoms with E-state index in [1.165, 1.54) is 0 Å². The minimum Gasteiger partial charge on any atom is -0.352 e. The number of halogens is 4. The molecule has 0 aromatic carbocycles. The first-order valence-corrected chi connectivity index (χ1v) is 5.68. The van der Waals surface area contributed by atoms with E-state index in [9.17, 15) is 0 Å². The molecule has 0 radical (unpaired) electrons. The maximum atomic E-state index is 9.00. The van der Waals surface area contributed by atoms with Gasteiger partial charge in [-0.2, -0.15) is 8.42 Å². The molecule has 0 saturated heterocycles. The number of carbonyl (C=O) groups is 1. The number of amides is 2. The molecular formula is C2H6Cl4N2O4S. The molecule has 5 N–H and O–H groups in total. The van der Waals surface area contributed by atoms with Crippen LogP contribution in [0.2, 0.25) is 0 Å². The van der Waals surface area contributed by atoms with E-state index in [4.69, 9.17) is 52.6 Å². The van der Waals surface area contributed by atoms with Gasteiger partial charge in [-0.15, -0.1) is 0 Å². The summed E-state index contributed by atoms with van der Waals surface area (Å²) in [7, 11) is -0.137. The van der Waals surface area contributed by atoms with E-state index < -0.39 is 19.7 Å². The van der Waals surface area contributed by atoms with Crippen LogP contribution in [0, 0.1) is 0 Å². The standard InChI is InChI=1S/CHCl3.CH4N2O.ClHO3S/c2*2-1(3)4;1-5(2,3)4/h1H;(H4,2,3,4);(H,2,3,4). The minimum absolute atomic E-state index is 0.750. The van der Waals surface area contributed by atoms with Crippen LogP contribution in [0.15, 0.2) is 0 Å². The van der Waals surface area contributed by atoms with E-state index in [1.54, 1.807) is 0 Å². The quantitative estimate of drug-likeness (QED) is 0.351. The third-order valence-corrected chi connectivity index (χ3v) is 0. The van der Waals surface area contributed by atoms with Gasteiger partial charge in [0, 0.05) is 10.7 Å². The van der Waals surface area contributed by atoms with Gasteiger partial charge in [0.25, 0.3) is 0 Å². The fourth-order valence-electron chi connectivity index (χ4n) is 0. The first-order valence-electron chi connectivity index (χ1n) is 2.11. The van der Waals surface area contributed by atoms with Crippen molar-refractivity contribution in [3.63, 3.8) is 0 Å². The fourth-order valence-corrected chi connectivity index (χ4v) is 0. The molecule has 0 aromatic heterocycles. The predicted octanol–water partition coefficient (Wildman–Crippen LogP) is 1.04. The van der Waals surface area contributed by atoms with Crippen LogP contribution in [0.1, 0.15) is 0 Å². The molecule has 2 amide bonds. The van der Waals surface area contributed by atoms with E-state index in [-0.39, 0.29) is 0 Å². The van der Waals surface area contributed by atoms with Crippen molar-refractivity contribution in [1.82, 2.24) is 0 Å². The van der Waals surface area contributed by atoms with Gasteiger partial charge in [0.2, 0.25) is 0 Å². The topological polar surface area (TPSA) is 123 Å². The van der Waals surface area contributed by atoms with Crippen LogP contribution in [0.4, 0.5) is 4.79 Å². The Morgan fingerprint density at radius 3 is 1.23 bits per heavy atom. The third-order valence-electron chi connectivity index (χ3n) is 0. The smallest absolute Gasteiger partial charge is 0.352 e. The number of rotatable bonds is 0. The van der Waals surface area contributed by atoms with Crippen molar-refractivity contribution in [2.75, 3.05) is 0 Å². The summed E-state index contributed by atoms with van der Waals surface area (Å²) >= 11 is 14.4. The first kappa shape index (κ1) is 19.0. The van der Waals surface area contributed by atoms with Crippen molar-refractivity contribution in [2.24, 2.45) is 11.5 Å². The average molecular weight is 296 g/mol. The Hall–Kier alpha value is 0.340. The van der Waals surface area contributed by atoms with Gasteiger partial charge < -0.3 is 11.5 Å². The van der Waals surface area contributed by atoms with Gasteiger partial charge in [0.05, 0.1) is 0 Å². The van der Waals surface area contributed by atoms with Crippen LogP contribution in [-0.2, 0) is 9.33 Å². The van der Waals surface area contributed by atoms with Crippen LogP contribution in [0.25, 0.3) is 0 Å². The highest BCUT2D eigenvalue weighted by atomic mass is 35.7. The van der Waals surface area contributed by atoms with E-state index in [2.05, 4.69) is 22.1 Å². The maximum Gasteiger partial charge on any atom is 0.353 e. The number of nitrogens with two attached hydrogens (primary N) is 2. The molecule has 82 valence electrons. The number of primary amides is 2. The highest BCUT2D eigenvalue weighted by Crippen LogP contribution is 2.03. The van der Waals surface area contributed by atoms with Gasteiger partial charge in [-0.25, -0.2) is 4.79 Å². The lowest BCUT2D eigenvalue weighted by Crippen LogP contribution is -2.18. The largest absolute Gasteiger partial charge is 0.353 e. The van der Waals surface area contributed by atoms with Crippen molar-refractivity contribution in [3.8, 4) is 0 Å². The molecule has 0 aliphatic rings. The first-order chi connectivity index (χ1) is 5.46. The summed E-state index contributed by atoms with van der Waals surface area (Å²) in [5.74, 6) is 0. The molecule has 0 heterocycles. The second-order valence-corrected chi connectivity index (χ2v) is 5.04. The second kappa shape index (κ2) is 10.4. The van der Waals surface area contributed by atoms with E-state index in [0.717, 1.165) is 0 Å². The Labute approximate surface area is 94.3 Å². The van der Waals surface area contributed by atoms with E-state index >= 15 is 0 Å². The van der Waals surface area contributed by atoms with Crippen LogP contribution >= 0.6 is 45.5 Å². The molecule has 0 rings (SSSR count). The van der Waals surface area contributed by atoms with Gasteiger partial charge >= 0.3 is 15.4 Å². The lowest BCUT2D eigenvalue weighted by Gasteiger charge is -1.69. The molecule has 13 heavy (non-hydrogen) atoms. The molecule has 0 aromatic rings. The zero-order valence-corrected chi connectivity index (χ0v) is 9.66. The minimum atomic E-state index is -4.19. The predicted molar refractivity (Wildman–Crippen MR) is 52.5 cm³/mol. The number of urea groups is 1.